The highest BCUT2D eigenvalue weighted by atomic mass is 31.2. The van der Waals surface area contributed by atoms with E-state index in [4.69, 9.17) is 37.0 Å². The molecule has 0 radical (unpaired) electrons. The fourth-order valence-corrected chi connectivity index (χ4v) is 11.6. The van der Waals surface area contributed by atoms with E-state index in [1.165, 1.54) is 148 Å². The first kappa shape index (κ1) is 84.1. The minimum Gasteiger partial charge on any atom is -0.462 e. The van der Waals surface area contributed by atoms with Crippen LogP contribution in [0.4, 0.5) is 0 Å². The van der Waals surface area contributed by atoms with Gasteiger partial charge in [-0.3, -0.25) is 37.3 Å². The number of rotatable bonds is 66. The molecule has 0 aromatic rings. The van der Waals surface area contributed by atoms with Crippen LogP contribution in [0.1, 0.15) is 337 Å². The monoisotopic (exact) mass is 1270 g/mol. The molecule has 2 unspecified atom stereocenters. The number of phosphoric acid groups is 2. The molecular formula is C67H130O17P2. The Morgan fingerprint density at radius 1 is 0.314 bits per heavy atom. The van der Waals surface area contributed by atoms with Crippen molar-refractivity contribution in [1.82, 2.24) is 0 Å². The third-order valence-corrected chi connectivity index (χ3v) is 17.4. The summed E-state index contributed by atoms with van der Waals surface area (Å²) in [6.45, 7) is 9.37. The highest BCUT2D eigenvalue weighted by Gasteiger charge is 2.30. The van der Waals surface area contributed by atoms with Gasteiger partial charge in [-0.25, -0.2) is 9.13 Å². The van der Waals surface area contributed by atoms with Crippen molar-refractivity contribution in [3.8, 4) is 0 Å². The molecule has 0 aromatic carbocycles. The topological polar surface area (TPSA) is 237 Å². The standard InChI is InChI=1S/C67H130O17P2/c1-7-9-11-13-14-15-24-28-31-38-44-50-65(70)78-56-63(83-66(71)51-45-39-32-29-26-23-21-19-17-16-18-20-22-25-27-30-36-41-47-59(3)4)58-82-86(75,76)80-54-61(68)53-79-85(73,74)81-57-62(55-77-64(69)49-43-35-12-10-8-2)84-67(72)52-46-40-34-33-37-42-48-60(5)6/h59-63,68H,7-58H2,1-6H3,(H,73,74)(H,75,76)/t61-,62+,63+/m0/s1. The summed E-state index contributed by atoms with van der Waals surface area (Å²) in [7, 11) is -9.88. The average Bonchev–Trinajstić information content (AvgIpc) is 3.63. The van der Waals surface area contributed by atoms with Crippen molar-refractivity contribution >= 4 is 39.5 Å². The number of phosphoric ester groups is 2. The molecule has 0 amide bonds. The lowest BCUT2D eigenvalue weighted by atomic mass is 10.0. The first-order valence-electron chi connectivity index (χ1n) is 35.0. The van der Waals surface area contributed by atoms with Gasteiger partial charge in [-0.05, 0) is 37.5 Å². The van der Waals surface area contributed by atoms with Gasteiger partial charge in [-0.1, -0.05) is 286 Å². The predicted octanol–water partition coefficient (Wildman–Crippen LogP) is 18.8. The Balaban J connectivity index is 5.08. The molecule has 0 saturated carbocycles. The molecule has 5 atom stereocenters. The third-order valence-electron chi connectivity index (χ3n) is 15.5. The summed E-state index contributed by atoms with van der Waals surface area (Å²) < 4.78 is 67.8. The second kappa shape index (κ2) is 59.4. The van der Waals surface area contributed by atoms with Crippen molar-refractivity contribution < 1.29 is 80.2 Å². The maximum Gasteiger partial charge on any atom is 0.472 e. The lowest BCUT2D eigenvalue weighted by molar-refractivity contribution is -0.161. The molecule has 0 aliphatic carbocycles. The van der Waals surface area contributed by atoms with Crippen molar-refractivity contribution in [3.05, 3.63) is 0 Å². The Labute approximate surface area is 524 Å². The number of ether oxygens (including phenoxy) is 4. The van der Waals surface area contributed by atoms with Gasteiger partial charge in [-0.15, -0.1) is 0 Å². The Hall–Kier alpha value is -1.94. The molecule has 0 heterocycles. The summed E-state index contributed by atoms with van der Waals surface area (Å²) in [6.07, 6.45) is 43.8. The van der Waals surface area contributed by atoms with E-state index in [0.29, 0.717) is 31.6 Å². The second-order valence-electron chi connectivity index (χ2n) is 25.2. The van der Waals surface area contributed by atoms with E-state index < -0.39 is 97.5 Å². The van der Waals surface area contributed by atoms with Crippen LogP contribution in [0.25, 0.3) is 0 Å². The van der Waals surface area contributed by atoms with Crippen LogP contribution in [-0.4, -0.2) is 96.7 Å². The van der Waals surface area contributed by atoms with Gasteiger partial charge in [-0.2, -0.15) is 0 Å². The molecule has 86 heavy (non-hydrogen) atoms. The molecule has 17 nitrogen and oxygen atoms in total. The van der Waals surface area contributed by atoms with Crippen LogP contribution in [0, 0.1) is 11.8 Å². The van der Waals surface area contributed by atoms with E-state index in [1.807, 2.05) is 0 Å². The summed E-state index contributed by atoms with van der Waals surface area (Å²) in [5, 5.41) is 10.5. The van der Waals surface area contributed by atoms with Gasteiger partial charge in [0.15, 0.2) is 12.2 Å². The lowest BCUT2D eigenvalue weighted by Gasteiger charge is -2.21. The highest BCUT2D eigenvalue weighted by molar-refractivity contribution is 7.47. The molecular weight excluding hydrogens is 1140 g/mol. The molecule has 0 rings (SSSR count). The molecule has 0 aliphatic rings. The zero-order valence-corrected chi connectivity index (χ0v) is 57.4. The van der Waals surface area contributed by atoms with Crippen LogP contribution in [0.3, 0.4) is 0 Å². The van der Waals surface area contributed by atoms with Gasteiger partial charge in [0.2, 0.25) is 0 Å². The minimum atomic E-state index is -4.95. The van der Waals surface area contributed by atoms with E-state index >= 15 is 0 Å². The Kier molecular flexibility index (Phi) is 58.0. The zero-order valence-electron chi connectivity index (χ0n) is 55.6. The van der Waals surface area contributed by atoms with Gasteiger partial charge in [0.05, 0.1) is 26.4 Å². The van der Waals surface area contributed by atoms with Gasteiger partial charge in [0.25, 0.3) is 0 Å². The summed E-state index contributed by atoms with van der Waals surface area (Å²) in [5.41, 5.74) is 0. The predicted molar refractivity (Wildman–Crippen MR) is 345 cm³/mol. The molecule has 0 bridgehead atoms. The first-order chi connectivity index (χ1) is 41.4. The molecule has 0 aliphatic heterocycles. The number of aliphatic hydroxyl groups excluding tert-OH is 1. The smallest absolute Gasteiger partial charge is 0.462 e. The minimum absolute atomic E-state index is 0.101. The molecule has 3 N–H and O–H groups in total. The molecule has 0 saturated heterocycles. The second-order valence-corrected chi connectivity index (χ2v) is 28.1. The molecule has 19 heteroatoms. The summed E-state index contributed by atoms with van der Waals surface area (Å²) in [4.78, 5) is 72.0. The number of unbranched alkanes of at least 4 members (excludes halogenated alkanes) is 36. The Bertz CT molecular complexity index is 1680. The Morgan fingerprint density at radius 2 is 0.535 bits per heavy atom. The fourth-order valence-electron chi connectivity index (χ4n) is 10.1. The third kappa shape index (κ3) is 60.9. The fraction of sp³-hybridized carbons (Fsp3) is 0.940. The van der Waals surface area contributed by atoms with Crippen molar-refractivity contribution in [3.63, 3.8) is 0 Å². The van der Waals surface area contributed by atoms with Crippen molar-refractivity contribution in [2.24, 2.45) is 11.8 Å². The van der Waals surface area contributed by atoms with Crippen LogP contribution >= 0.6 is 15.6 Å². The van der Waals surface area contributed by atoms with E-state index in [2.05, 4.69) is 41.5 Å². The number of esters is 4. The maximum atomic E-state index is 13.0. The molecule has 510 valence electrons. The van der Waals surface area contributed by atoms with Crippen LogP contribution in [0.15, 0.2) is 0 Å². The van der Waals surface area contributed by atoms with E-state index in [1.54, 1.807) is 0 Å². The SMILES string of the molecule is CCCCCCCCCCCCCC(=O)OC[C@H](COP(=O)(O)OC[C@@H](O)COP(=O)(O)OC[C@@H](COC(=O)CCCCCCC)OC(=O)CCCCCCCCC(C)C)OC(=O)CCCCCCCCCCCCCCCCCCCCC(C)C. The van der Waals surface area contributed by atoms with Crippen LogP contribution in [0.5, 0.6) is 0 Å². The van der Waals surface area contributed by atoms with Gasteiger partial charge in [0.1, 0.15) is 19.3 Å². The summed E-state index contributed by atoms with van der Waals surface area (Å²) >= 11 is 0. The zero-order chi connectivity index (χ0) is 63.6. The van der Waals surface area contributed by atoms with Crippen molar-refractivity contribution in [2.45, 2.75) is 355 Å². The largest absolute Gasteiger partial charge is 0.472 e. The maximum absolute atomic E-state index is 13.0. The average molecular weight is 1270 g/mol. The van der Waals surface area contributed by atoms with Gasteiger partial charge < -0.3 is 33.8 Å². The first-order valence-corrected chi connectivity index (χ1v) is 38.0. The normalized spacial score (nSPS) is 14.2. The highest BCUT2D eigenvalue weighted by Crippen LogP contribution is 2.45. The summed E-state index contributed by atoms with van der Waals surface area (Å²) in [5.74, 6) is -0.654. The van der Waals surface area contributed by atoms with E-state index in [0.717, 1.165) is 102 Å². The number of hydrogen-bond donors (Lipinski definition) is 3. The van der Waals surface area contributed by atoms with E-state index in [9.17, 15) is 43.2 Å². The molecule has 0 fully saturated rings. The number of hydrogen-bond acceptors (Lipinski definition) is 15. The number of carbonyl (C=O) groups is 4. The van der Waals surface area contributed by atoms with Crippen molar-refractivity contribution in [2.75, 3.05) is 39.6 Å². The van der Waals surface area contributed by atoms with Crippen LogP contribution in [-0.2, 0) is 65.4 Å². The number of aliphatic hydroxyl groups is 1. The van der Waals surface area contributed by atoms with Gasteiger partial charge >= 0.3 is 39.5 Å². The lowest BCUT2D eigenvalue weighted by Crippen LogP contribution is -2.30. The van der Waals surface area contributed by atoms with Crippen LogP contribution in [0.2, 0.25) is 0 Å². The van der Waals surface area contributed by atoms with Crippen molar-refractivity contribution in [1.29, 1.82) is 0 Å². The summed E-state index contributed by atoms with van der Waals surface area (Å²) in [6, 6.07) is 0. The quantitative estimate of drug-likeness (QED) is 0.0222. The molecule has 0 aromatic heterocycles. The molecule has 0 spiro atoms. The Morgan fingerprint density at radius 3 is 0.791 bits per heavy atom. The van der Waals surface area contributed by atoms with E-state index in [-0.39, 0.29) is 25.7 Å². The van der Waals surface area contributed by atoms with Crippen LogP contribution < -0.4 is 0 Å². The van der Waals surface area contributed by atoms with Gasteiger partial charge in [0, 0.05) is 25.7 Å². The number of carbonyl (C=O) groups excluding carboxylic acids is 4.